The highest BCUT2D eigenvalue weighted by Crippen LogP contribution is 2.32. The minimum atomic E-state index is -0.572. The summed E-state index contributed by atoms with van der Waals surface area (Å²) in [6.07, 6.45) is 4.17. The lowest BCUT2D eigenvalue weighted by Gasteiger charge is -2.34. The van der Waals surface area contributed by atoms with Gasteiger partial charge >= 0.3 is 0 Å². The Bertz CT molecular complexity index is 588. The highest BCUT2D eigenvalue weighted by Gasteiger charge is 2.28. The molecule has 1 aromatic rings. The monoisotopic (exact) mass is 406 g/mol. The van der Waals surface area contributed by atoms with Crippen LogP contribution in [-0.2, 0) is 4.79 Å². The van der Waals surface area contributed by atoms with Crippen LogP contribution >= 0.6 is 35.6 Å². The standard InChI is InChI=1S/C18H24Cl2N2O2.ClH/c1-12(24-16-4-2-3-15(19)17(16)20)18(23)22-9-7-14(8-10-22)21-11-13-5-6-13;/h2-4,12-14,21H,5-11H2,1H3;1H. The fourth-order valence-corrected chi connectivity index (χ4v) is 3.37. The van der Waals surface area contributed by atoms with Gasteiger partial charge in [0.15, 0.2) is 6.10 Å². The molecule has 0 aromatic heterocycles. The number of carbonyl (C=O) groups excluding carboxylic acids is 1. The van der Waals surface area contributed by atoms with Crippen LogP contribution in [0.4, 0.5) is 0 Å². The molecule has 2 fully saturated rings. The first-order chi connectivity index (χ1) is 11.5. The maximum absolute atomic E-state index is 12.6. The predicted molar refractivity (Wildman–Crippen MR) is 104 cm³/mol. The van der Waals surface area contributed by atoms with Gasteiger partial charge in [-0.3, -0.25) is 4.79 Å². The van der Waals surface area contributed by atoms with Crippen molar-refractivity contribution in [2.75, 3.05) is 19.6 Å². The van der Waals surface area contributed by atoms with Gasteiger partial charge in [0.2, 0.25) is 0 Å². The van der Waals surface area contributed by atoms with Crippen molar-refractivity contribution in [2.24, 2.45) is 5.92 Å². The molecule has 4 nitrogen and oxygen atoms in total. The van der Waals surface area contributed by atoms with Crippen LogP contribution in [0.1, 0.15) is 32.6 Å². The van der Waals surface area contributed by atoms with Gasteiger partial charge in [-0.15, -0.1) is 12.4 Å². The Balaban J connectivity index is 0.00000225. The van der Waals surface area contributed by atoms with Crippen molar-refractivity contribution in [1.29, 1.82) is 0 Å². The lowest BCUT2D eigenvalue weighted by molar-refractivity contribution is -0.139. The van der Waals surface area contributed by atoms with E-state index in [-0.39, 0.29) is 18.3 Å². The van der Waals surface area contributed by atoms with Gasteiger partial charge in [-0.05, 0) is 57.2 Å². The molecule has 0 radical (unpaired) electrons. The number of carbonyl (C=O) groups is 1. The van der Waals surface area contributed by atoms with E-state index in [0.29, 0.717) is 21.8 Å². The molecule has 1 aliphatic carbocycles. The van der Waals surface area contributed by atoms with E-state index in [1.165, 1.54) is 12.8 Å². The molecule has 7 heteroatoms. The maximum Gasteiger partial charge on any atom is 0.263 e. The Hall–Kier alpha value is -0.680. The molecule has 0 bridgehead atoms. The molecule has 1 aromatic carbocycles. The van der Waals surface area contributed by atoms with Crippen molar-refractivity contribution in [3.05, 3.63) is 28.2 Å². The van der Waals surface area contributed by atoms with Crippen molar-refractivity contribution < 1.29 is 9.53 Å². The molecule has 1 heterocycles. The van der Waals surface area contributed by atoms with Gasteiger partial charge in [0.05, 0.1) is 5.02 Å². The van der Waals surface area contributed by atoms with E-state index in [1.807, 2.05) is 4.90 Å². The van der Waals surface area contributed by atoms with Crippen LogP contribution in [0.25, 0.3) is 0 Å². The predicted octanol–water partition coefficient (Wildman–Crippen LogP) is 4.17. The van der Waals surface area contributed by atoms with Crippen LogP contribution < -0.4 is 10.1 Å². The quantitative estimate of drug-likeness (QED) is 0.769. The molecule has 1 saturated carbocycles. The summed E-state index contributed by atoms with van der Waals surface area (Å²) in [5, 5.41) is 4.40. The third kappa shape index (κ3) is 5.65. The Morgan fingerprint density at radius 3 is 2.60 bits per heavy atom. The number of ether oxygens (including phenoxy) is 1. The summed E-state index contributed by atoms with van der Waals surface area (Å²) < 4.78 is 5.73. The summed E-state index contributed by atoms with van der Waals surface area (Å²) in [6.45, 7) is 4.44. The van der Waals surface area contributed by atoms with Gasteiger partial charge in [0.25, 0.3) is 5.91 Å². The molecule has 25 heavy (non-hydrogen) atoms. The second kappa shape index (κ2) is 9.31. The van der Waals surface area contributed by atoms with Crippen LogP contribution in [0.15, 0.2) is 18.2 Å². The third-order valence-corrected chi connectivity index (χ3v) is 5.57. The smallest absolute Gasteiger partial charge is 0.263 e. The summed E-state index contributed by atoms with van der Waals surface area (Å²) in [5.41, 5.74) is 0. The summed E-state index contributed by atoms with van der Waals surface area (Å²) in [6, 6.07) is 5.72. The van der Waals surface area contributed by atoms with Crippen molar-refractivity contribution >= 4 is 41.5 Å². The molecule has 1 N–H and O–H groups in total. The number of halogens is 3. The first-order valence-corrected chi connectivity index (χ1v) is 9.43. The third-order valence-electron chi connectivity index (χ3n) is 4.77. The fourth-order valence-electron chi connectivity index (χ4n) is 3.03. The maximum atomic E-state index is 12.6. The SMILES string of the molecule is CC(Oc1cccc(Cl)c1Cl)C(=O)N1CCC(NCC2CC2)CC1.Cl. The number of piperidine rings is 1. The molecule has 1 amide bonds. The number of hydrogen-bond acceptors (Lipinski definition) is 3. The zero-order valence-corrected chi connectivity index (χ0v) is 16.7. The first kappa shape index (κ1) is 20.6. The number of benzene rings is 1. The average Bonchev–Trinajstić information content (AvgIpc) is 3.41. The van der Waals surface area contributed by atoms with Gasteiger partial charge in [-0.1, -0.05) is 29.3 Å². The highest BCUT2D eigenvalue weighted by atomic mass is 35.5. The lowest BCUT2D eigenvalue weighted by atomic mass is 10.0. The summed E-state index contributed by atoms with van der Waals surface area (Å²) in [5.74, 6) is 1.35. The zero-order chi connectivity index (χ0) is 17.1. The number of nitrogens with one attached hydrogen (secondary N) is 1. The van der Waals surface area contributed by atoms with E-state index in [4.69, 9.17) is 27.9 Å². The summed E-state index contributed by atoms with van der Waals surface area (Å²) in [4.78, 5) is 14.5. The average molecular weight is 408 g/mol. The first-order valence-electron chi connectivity index (χ1n) is 8.67. The molecule has 1 aliphatic heterocycles. The lowest BCUT2D eigenvalue weighted by Crippen LogP contribution is -2.48. The van der Waals surface area contributed by atoms with E-state index in [1.54, 1.807) is 25.1 Å². The van der Waals surface area contributed by atoms with Crippen LogP contribution in [0.5, 0.6) is 5.75 Å². The Morgan fingerprint density at radius 1 is 1.28 bits per heavy atom. The van der Waals surface area contributed by atoms with E-state index >= 15 is 0 Å². The number of rotatable bonds is 6. The second-order valence-corrected chi connectivity index (χ2v) is 7.55. The van der Waals surface area contributed by atoms with E-state index in [2.05, 4.69) is 5.32 Å². The van der Waals surface area contributed by atoms with Crippen molar-refractivity contribution in [2.45, 2.75) is 44.8 Å². The zero-order valence-electron chi connectivity index (χ0n) is 14.3. The van der Waals surface area contributed by atoms with Gasteiger partial charge in [-0.2, -0.15) is 0 Å². The van der Waals surface area contributed by atoms with Gasteiger partial charge in [0, 0.05) is 19.1 Å². The van der Waals surface area contributed by atoms with E-state index in [9.17, 15) is 4.79 Å². The Labute approximate surface area is 165 Å². The number of amides is 1. The van der Waals surface area contributed by atoms with E-state index < -0.39 is 6.10 Å². The summed E-state index contributed by atoms with van der Waals surface area (Å²) >= 11 is 12.1. The van der Waals surface area contributed by atoms with Crippen molar-refractivity contribution in [3.8, 4) is 5.75 Å². The minimum absolute atomic E-state index is 0. The molecule has 140 valence electrons. The van der Waals surface area contributed by atoms with Crippen LogP contribution in [0, 0.1) is 5.92 Å². The van der Waals surface area contributed by atoms with Crippen LogP contribution in [0.2, 0.25) is 10.0 Å². The molecule has 1 saturated heterocycles. The van der Waals surface area contributed by atoms with Gasteiger partial charge in [0.1, 0.15) is 10.8 Å². The molecular weight excluding hydrogens is 383 g/mol. The second-order valence-electron chi connectivity index (χ2n) is 6.76. The topological polar surface area (TPSA) is 41.6 Å². The molecule has 1 unspecified atom stereocenters. The van der Waals surface area contributed by atoms with Crippen LogP contribution in [-0.4, -0.2) is 42.6 Å². The Morgan fingerprint density at radius 2 is 1.96 bits per heavy atom. The number of likely N-dealkylation sites (tertiary alicyclic amines) is 1. The number of hydrogen-bond donors (Lipinski definition) is 1. The van der Waals surface area contributed by atoms with Crippen molar-refractivity contribution in [3.63, 3.8) is 0 Å². The summed E-state index contributed by atoms with van der Waals surface area (Å²) in [7, 11) is 0. The molecular formula is C18H25Cl3N2O2. The van der Waals surface area contributed by atoms with Gasteiger partial charge in [-0.25, -0.2) is 0 Å². The normalized spacial score (nSPS) is 19.2. The van der Waals surface area contributed by atoms with E-state index in [0.717, 1.165) is 38.4 Å². The fraction of sp³-hybridized carbons (Fsp3) is 0.611. The molecule has 2 aliphatic rings. The molecule has 1 atom stereocenters. The highest BCUT2D eigenvalue weighted by molar-refractivity contribution is 6.42. The molecule has 3 rings (SSSR count). The Kier molecular flexibility index (Phi) is 7.68. The van der Waals surface area contributed by atoms with Crippen LogP contribution in [0.3, 0.4) is 0 Å². The van der Waals surface area contributed by atoms with Crippen molar-refractivity contribution in [1.82, 2.24) is 10.2 Å². The molecule has 0 spiro atoms. The minimum Gasteiger partial charge on any atom is -0.479 e. The largest absolute Gasteiger partial charge is 0.479 e. The number of nitrogens with zero attached hydrogens (tertiary/aromatic N) is 1. The van der Waals surface area contributed by atoms with Gasteiger partial charge < -0.3 is 15.0 Å².